The Hall–Kier alpha value is -2.84. The zero-order valence-electron chi connectivity index (χ0n) is 15.6. The predicted molar refractivity (Wildman–Crippen MR) is 105 cm³/mol. The van der Waals surface area contributed by atoms with E-state index >= 15 is 0 Å². The van der Waals surface area contributed by atoms with Gasteiger partial charge < -0.3 is 20.6 Å². The molecule has 2 aliphatic rings. The summed E-state index contributed by atoms with van der Waals surface area (Å²) in [4.78, 5) is 38.2. The van der Waals surface area contributed by atoms with Gasteiger partial charge in [-0.05, 0) is 28.1 Å². The Bertz CT molecular complexity index is 1020. The third-order valence-electron chi connectivity index (χ3n) is 4.64. The predicted octanol–water partition coefficient (Wildman–Crippen LogP) is -0.666. The Morgan fingerprint density at radius 1 is 1.53 bits per heavy atom. The van der Waals surface area contributed by atoms with Gasteiger partial charge in [0, 0.05) is 18.6 Å². The van der Waals surface area contributed by atoms with Gasteiger partial charge in [0.1, 0.15) is 28.9 Å². The highest BCUT2D eigenvalue weighted by Crippen LogP contribution is 2.41. The van der Waals surface area contributed by atoms with E-state index in [2.05, 4.69) is 20.8 Å². The number of amides is 2. The number of hydrogen-bond acceptors (Lipinski definition) is 10. The van der Waals surface area contributed by atoms with Gasteiger partial charge in [-0.1, -0.05) is 11.8 Å². The lowest BCUT2D eigenvalue weighted by atomic mass is 10.0. The molecule has 4 rings (SSSR count). The van der Waals surface area contributed by atoms with Crippen molar-refractivity contribution in [3.05, 3.63) is 35.4 Å². The highest BCUT2D eigenvalue weighted by atomic mass is 32.2. The Balaban J connectivity index is 1.46. The molecule has 30 heavy (non-hydrogen) atoms. The van der Waals surface area contributed by atoms with Crippen molar-refractivity contribution in [3.63, 3.8) is 0 Å². The van der Waals surface area contributed by atoms with Crippen molar-refractivity contribution in [2.45, 2.75) is 22.6 Å². The first-order chi connectivity index (χ1) is 14.4. The van der Waals surface area contributed by atoms with Crippen molar-refractivity contribution in [1.29, 1.82) is 0 Å². The highest BCUT2D eigenvalue weighted by molar-refractivity contribution is 8.01. The maximum atomic E-state index is 12.7. The van der Waals surface area contributed by atoms with Gasteiger partial charge in [0.15, 0.2) is 0 Å². The molecule has 0 bridgehead atoms. The number of nitrogens with two attached hydrogens (primary N) is 1. The number of β-lactam (4-membered cyclic amide) rings is 1. The van der Waals surface area contributed by atoms with Gasteiger partial charge in [-0.15, -0.1) is 16.9 Å². The molecule has 14 heteroatoms. The fourth-order valence-corrected chi connectivity index (χ4v) is 5.46. The average molecular weight is 451 g/mol. The molecule has 1 saturated heterocycles. The summed E-state index contributed by atoms with van der Waals surface area (Å²) in [5.74, 6) is -1.27. The number of nitrogens with one attached hydrogen (secondary N) is 1. The van der Waals surface area contributed by atoms with Gasteiger partial charge in [0.05, 0.1) is 6.26 Å². The molecule has 2 aromatic heterocycles. The van der Waals surface area contributed by atoms with E-state index in [9.17, 15) is 19.5 Å². The first kappa shape index (κ1) is 20.4. The van der Waals surface area contributed by atoms with Crippen molar-refractivity contribution in [2.24, 2.45) is 12.8 Å². The van der Waals surface area contributed by atoms with Crippen LogP contribution in [0.3, 0.4) is 0 Å². The van der Waals surface area contributed by atoms with Crippen LogP contribution in [-0.4, -0.2) is 70.9 Å². The minimum Gasteiger partial charge on any atom is -0.477 e. The molecular weight excluding hydrogens is 434 g/mol. The molecule has 3 atom stereocenters. The number of tetrazole rings is 1. The van der Waals surface area contributed by atoms with E-state index in [-0.39, 0.29) is 11.5 Å². The molecule has 0 aliphatic carbocycles. The Kier molecular flexibility index (Phi) is 5.53. The number of carbonyl (C=O) groups excluding carboxylic acids is 2. The number of aromatic nitrogens is 4. The Morgan fingerprint density at radius 3 is 2.97 bits per heavy atom. The zero-order chi connectivity index (χ0) is 21.4. The third-order valence-corrected chi connectivity index (χ3v) is 7.07. The van der Waals surface area contributed by atoms with E-state index in [0.717, 1.165) is 0 Å². The lowest BCUT2D eigenvalue weighted by Crippen LogP contribution is -2.71. The molecule has 4 N–H and O–H groups in total. The number of carbonyl (C=O) groups is 3. The second-order valence-corrected chi connectivity index (χ2v) is 8.57. The number of aliphatic carboxylic acids is 1. The SMILES string of the molecule is Cn1nnnc1SCC1=C(C(=O)O)N2C(=O)[C@H](NC(=O)C(N)c3ccco3)C2SC1. The molecule has 0 radical (unpaired) electrons. The maximum absolute atomic E-state index is 12.7. The molecule has 1 fully saturated rings. The standard InChI is InChI=1S/C16H17N7O5S2/c1-22-16(19-20-21-22)30-6-7-5-29-14-10(13(25)23(14)11(7)15(26)27)18-12(24)9(17)8-3-2-4-28-8/h2-4,9-10,14H,5-6,17H2,1H3,(H,18,24)(H,26,27)/t9?,10-,14?/m0/s1. The molecule has 2 aromatic rings. The first-order valence-corrected chi connectivity index (χ1v) is 10.8. The van der Waals surface area contributed by atoms with Crippen molar-refractivity contribution in [3.8, 4) is 0 Å². The average Bonchev–Trinajstić information content (AvgIpc) is 3.40. The Labute approximate surface area is 178 Å². The summed E-state index contributed by atoms with van der Waals surface area (Å²) in [6, 6.07) is 1.26. The summed E-state index contributed by atoms with van der Waals surface area (Å²) in [7, 11) is 1.68. The molecule has 4 heterocycles. The van der Waals surface area contributed by atoms with E-state index in [0.29, 0.717) is 22.2 Å². The number of carboxylic acids is 1. The van der Waals surface area contributed by atoms with E-state index in [1.165, 1.54) is 39.4 Å². The van der Waals surface area contributed by atoms with Crippen LogP contribution in [0.4, 0.5) is 0 Å². The maximum Gasteiger partial charge on any atom is 0.352 e. The van der Waals surface area contributed by atoms with Crippen molar-refractivity contribution < 1.29 is 23.9 Å². The smallest absolute Gasteiger partial charge is 0.352 e. The second kappa shape index (κ2) is 8.12. The molecule has 0 aromatic carbocycles. The molecular formula is C16H17N7O5S2. The van der Waals surface area contributed by atoms with E-state index in [4.69, 9.17) is 10.2 Å². The zero-order valence-corrected chi connectivity index (χ0v) is 17.2. The number of rotatable bonds is 7. The summed E-state index contributed by atoms with van der Waals surface area (Å²) < 4.78 is 6.60. The summed E-state index contributed by atoms with van der Waals surface area (Å²) >= 11 is 2.66. The van der Waals surface area contributed by atoms with Gasteiger partial charge in [-0.3, -0.25) is 14.5 Å². The quantitative estimate of drug-likeness (QED) is 0.360. The van der Waals surface area contributed by atoms with Crippen molar-refractivity contribution in [1.82, 2.24) is 30.4 Å². The normalized spacial score (nSPS) is 21.8. The minimum absolute atomic E-state index is 0.0628. The summed E-state index contributed by atoms with van der Waals surface area (Å²) in [6.07, 6.45) is 1.40. The van der Waals surface area contributed by atoms with Crippen LogP contribution in [0, 0.1) is 0 Å². The van der Waals surface area contributed by atoms with Crippen LogP contribution in [0.5, 0.6) is 0 Å². The molecule has 2 amide bonds. The number of carboxylic acid groups (broad SMARTS) is 1. The monoisotopic (exact) mass is 451 g/mol. The number of hydrogen-bond donors (Lipinski definition) is 3. The number of nitrogens with zero attached hydrogens (tertiary/aromatic N) is 5. The first-order valence-electron chi connectivity index (χ1n) is 8.73. The summed E-state index contributed by atoms with van der Waals surface area (Å²) in [5, 5.41) is 23.5. The number of thioether (sulfide) groups is 2. The number of furan rings is 1. The van der Waals surface area contributed by atoms with Crippen LogP contribution in [-0.2, 0) is 21.4 Å². The van der Waals surface area contributed by atoms with Crippen LogP contribution < -0.4 is 11.1 Å². The molecule has 158 valence electrons. The lowest BCUT2D eigenvalue weighted by molar-refractivity contribution is -0.150. The van der Waals surface area contributed by atoms with E-state index in [1.807, 2.05) is 0 Å². The van der Waals surface area contributed by atoms with E-state index < -0.39 is 35.2 Å². The Morgan fingerprint density at radius 2 is 2.33 bits per heavy atom. The van der Waals surface area contributed by atoms with Gasteiger partial charge in [-0.25, -0.2) is 9.48 Å². The molecule has 2 aliphatic heterocycles. The van der Waals surface area contributed by atoms with Gasteiger partial charge >= 0.3 is 5.97 Å². The van der Waals surface area contributed by atoms with Crippen LogP contribution in [0.2, 0.25) is 0 Å². The van der Waals surface area contributed by atoms with Crippen LogP contribution in [0.15, 0.2) is 39.2 Å². The van der Waals surface area contributed by atoms with Crippen molar-refractivity contribution >= 4 is 41.3 Å². The molecule has 0 saturated carbocycles. The molecule has 12 nitrogen and oxygen atoms in total. The minimum atomic E-state index is -1.20. The largest absolute Gasteiger partial charge is 0.477 e. The summed E-state index contributed by atoms with van der Waals surface area (Å²) in [6.45, 7) is 0. The van der Waals surface area contributed by atoms with E-state index in [1.54, 1.807) is 19.2 Å². The molecule has 2 unspecified atom stereocenters. The lowest BCUT2D eigenvalue weighted by Gasteiger charge is -2.49. The highest BCUT2D eigenvalue weighted by Gasteiger charge is 2.54. The van der Waals surface area contributed by atoms with Gasteiger partial charge in [0.2, 0.25) is 11.1 Å². The van der Waals surface area contributed by atoms with Crippen molar-refractivity contribution in [2.75, 3.05) is 11.5 Å². The van der Waals surface area contributed by atoms with Crippen LogP contribution in [0.25, 0.3) is 0 Å². The number of fused-ring (bicyclic) bond motifs is 1. The molecule has 0 spiro atoms. The second-order valence-electron chi connectivity index (χ2n) is 6.52. The fourth-order valence-electron chi connectivity index (χ4n) is 3.13. The van der Waals surface area contributed by atoms with Crippen LogP contribution in [0.1, 0.15) is 11.8 Å². The fraction of sp³-hybridized carbons (Fsp3) is 0.375. The van der Waals surface area contributed by atoms with Gasteiger partial charge in [-0.2, -0.15) is 0 Å². The summed E-state index contributed by atoms with van der Waals surface area (Å²) in [5.41, 5.74) is 6.38. The van der Waals surface area contributed by atoms with Gasteiger partial charge in [0.25, 0.3) is 5.91 Å². The number of aryl methyl sites for hydroxylation is 1. The third kappa shape index (κ3) is 3.57. The van der Waals surface area contributed by atoms with Crippen LogP contribution >= 0.6 is 23.5 Å². The topological polar surface area (TPSA) is 169 Å².